The zero-order valence-electron chi connectivity index (χ0n) is 20.6. The molecule has 5 heteroatoms. The second kappa shape index (κ2) is 10.6. The van der Waals surface area contributed by atoms with E-state index < -0.39 is 0 Å². The van der Waals surface area contributed by atoms with Crippen molar-refractivity contribution in [3.05, 3.63) is 114 Å². The summed E-state index contributed by atoms with van der Waals surface area (Å²) in [7, 11) is 4.14. The Hall–Kier alpha value is -4.22. The highest BCUT2D eigenvalue weighted by Gasteiger charge is 2.21. The average molecular weight is 475 g/mol. The Morgan fingerprint density at radius 3 is 2.42 bits per heavy atom. The highest BCUT2D eigenvalue weighted by molar-refractivity contribution is 5.84. The summed E-state index contributed by atoms with van der Waals surface area (Å²) in [4.78, 5) is 18.8. The van der Waals surface area contributed by atoms with Crippen LogP contribution in [0, 0.1) is 0 Å². The van der Waals surface area contributed by atoms with Crippen LogP contribution in [0.1, 0.15) is 28.4 Å². The van der Waals surface area contributed by atoms with Crippen molar-refractivity contribution in [1.82, 2.24) is 15.6 Å². The molecule has 1 atom stereocenters. The predicted molar refractivity (Wildman–Crippen MR) is 147 cm³/mol. The van der Waals surface area contributed by atoms with E-state index in [1.807, 2.05) is 24.3 Å². The van der Waals surface area contributed by atoms with Gasteiger partial charge in [-0.2, -0.15) is 0 Å². The summed E-state index contributed by atoms with van der Waals surface area (Å²) in [6.07, 6.45) is 4.65. The minimum absolute atomic E-state index is 0.389. The van der Waals surface area contributed by atoms with Crippen LogP contribution in [-0.2, 0) is 17.9 Å². The van der Waals surface area contributed by atoms with Crippen molar-refractivity contribution in [2.45, 2.75) is 19.1 Å². The van der Waals surface area contributed by atoms with Crippen molar-refractivity contribution in [1.29, 1.82) is 0 Å². The highest BCUT2D eigenvalue weighted by Crippen LogP contribution is 2.35. The Labute approximate surface area is 212 Å². The third-order valence-corrected chi connectivity index (χ3v) is 6.50. The minimum atomic E-state index is -0.389. The van der Waals surface area contributed by atoms with Gasteiger partial charge in [0.25, 0.3) is 0 Å². The number of para-hydroxylation sites is 1. The predicted octanol–water partition coefficient (Wildman–Crippen LogP) is 5.59. The number of pyridine rings is 1. The van der Waals surface area contributed by atoms with E-state index in [0.29, 0.717) is 0 Å². The molecule has 0 saturated carbocycles. The molecule has 0 amide bonds. The van der Waals surface area contributed by atoms with Crippen molar-refractivity contribution in [2.24, 2.45) is 0 Å². The lowest BCUT2D eigenvalue weighted by atomic mass is 9.93. The summed E-state index contributed by atoms with van der Waals surface area (Å²) in [6, 6.07) is 29.0. The lowest BCUT2D eigenvalue weighted by molar-refractivity contribution is -0.109. The first-order chi connectivity index (χ1) is 17.6. The molecule has 0 fully saturated rings. The van der Waals surface area contributed by atoms with Gasteiger partial charge in [-0.3, -0.25) is 0 Å². The first-order valence-electron chi connectivity index (χ1n) is 12.2. The third-order valence-electron chi connectivity index (χ3n) is 6.50. The van der Waals surface area contributed by atoms with Crippen molar-refractivity contribution < 1.29 is 4.79 Å². The molecule has 0 spiro atoms. The fourth-order valence-electron chi connectivity index (χ4n) is 4.64. The smallest absolute Gasteiger partial charge is 0.146 e. The van der Waals surface area contributed by atoms with E-state index in [1.165, 1.54) is 16.8 Å². The van der Waals surface area contributed by atoms with Gasteiger partial charge in [0.05, 0.1) is 11.4 Å². The molecule has 1 aliphatic heterocycles. The van der Waals surface area contributed by atoms with Gasteiger partial charge in [0.2, 0.25) is 0 Å². The Balaban J connectivity index is 1.40. The van der Waals surface area contributed by atoms with Crippen LogP contribution in [0.25, 0.3) is 28.5 Å². The highest BCUT2D eigenvalue weighted by atomic mass is 16.1. The number of nitrogens with one attached hydrogen (secondary N) is 2. The molecule has 2 heterocycles. The van der Waals surface area contributed by atoms with Gasteiger partial charge in [0.15, 0.2) is 0 Å². The quantitative estimate of drug-likeness (QED) is 0.326. The monoisotopic (exact) mass is 474 g/mol. The van der Waals surface area contributed by atoms with Crippen LogP contribution in [0.4, 0.5) is 5.69 Å². The fraction of sp³-hybridized carbons (Fsp3) is 0.161. The van der Waals surface area contributed by atoms with E-state index in [1.54, 1.807) is 6.20 Å². The number of carbonyl (C=O) groups excluding carboxylic acids is 1. The molecule has 1 aliphatic rings. The molecule has 0 bridgehead atoms. The Morgan fingerprint density at radius 2 is 1.67 bits per heavy atom. The third kappa shape index (κ3) is 4.92. The number of hydrogen-bond donors (Lipinski definition) is 2. The molecule has 1 aromatic heterocycles. The summed E-state index contributed by atoms with van der Waals surface area (Å²) >= 11 is 0. The number of anilines is 1. The van der Waals surface area contributed by atoms with Crippen LogP contribution in [0.3, 0.4) is 0 Å². The number of aldehydes is 1. The number of nitrogens with zero attached hydrogens (tertiary/aromatic N) is 2. The average Bonchev–Trinajstić information content (AvgIpc) is 2.93. The van der Waals surface area contributed by atoms with Crippen LogP contribution in [0.15, 0.2) is 91.1 Å². The molecule has 5 nitrogen and oxygen atoms in total. The van der Waals surface area contributed by atoms with Crippen LogP contribution in [-0.4, -0.2) is 25.4 Å². The summed E-state index contributed by atoms with van der Waals surface area (Å²) in [5.74, 6) is 0. The lowest BCUT2D eigenvalue weighted by Gasteiger charge is -2.21. The number of carbonyl (C=O) groups is 1. The normalized spacial score (nSPS) is 14.1. The first-order valence-corrected chi connectivity index (χ1v) is 12.2. The molecule has 5 rings (SSSR count). The molecule has 3 aromatic carbocycles. The Morgan fingerprint density at radius 1 is 0.917 bits per heavy atom. The number of rotatable bonds is 8. The molecule has 1 unspecified atom stereocenters. The number of fused-ring (bicyclic) bond motifs is 1. The second-order valence-electron chi connectivity index (χ2n) is 9.16. The Kier molecular flexibility index (Phi) is 6.92. The van der Waals surface area contributed by atoms with Crippen molar-refractivity contribution in [3.63, 3.8) is 0 Å². The minimum Gasteiger partial charge on any atom is -0.378 e. The molecular formula is C31H30N4O. The molecule has 0 radical (unpaired) electrons. The van der Waals surface area contributed by atoms with Gasteiger partial charge >= 0.3 is 0 Å². The maximum atomic E-state index is 11.7. The number of hydrogen-bond acceptors (Lipinski definition) is 5. The molecular weight excluding hydrogens is 444 g/mol. The number of aromatic nitrogens is 1. The van der Waals surface area contributed by atoms with Crippen LogP contribution in [0.2, 0.25) is 0 Å². The summed E-state index contributed by atoms with van der Waals surface area (Å²) in [5, 5.41) is 6.68. The van der Waals surface area contributed by atoms with Crippen LogP contribution in [0.5, 0.6) is 0 Å². The summed E-state index contributed by atoms with van der Waals surface area (Å²) in [6.45, 7) is 1.58. The Bertz CT molecular complexity index is 1380. The maximum Gasteiger partial charge on any atom is 0.146 e. The van der Waals surface area contributed by atoms with E-state index in [-0.39, 0.29) is 6.04 Å². The van der Waals surface area contributed by atoms with Gasteiger partial charge < -0.3 is 20.3 Å². The van der Waals surface area contributed by atoms with E-state index in [2.05, 4.69) is 96.4 Å². The van der Waals surface area contributed by atoms with Gasteiger partial charge in [-0.1, -0.05) is 72.8 Å². The zero-order valence-corrected chi connectivity index (χ0v) is 20.6. The first kappa shape index (κ1) is 23.5. The summed E-state index contributed by atoms with van der Waals surface area (Å²) < 4.78 is 0. The van der Waals surface area contributed by atoms with Crippen molar-refractivity contribution in [2.75, 3.05) is 19.0 Å². The SMILES string of the molecule is CN(C)c1ccccc1CNCc1ccc(-c2nc3c(cc2-c2ccccc2)C(C=O)NC=C3)cc1. The molecule has 180 valence electrons. The van der Waals surface area contributed by atoms with Crippen molar-refractivity contribution >= 4 is 18.0 Å². The van der Waals surface area contributed by atoms with Crippen molar-refractivity contribution in [3.8, 4) is 22.4 Å². The van der Waals surface area contributed by atoms with Crippen LogP contribution >= 0.6 is 0 Å². The lowest BCUT2D eigenvalue weighted by Crippen LogP contribution is -2.21. The second-order valence-corrected chi connectivity index (χ2v) is 9.16. The molecule has 4 aromatic rings. The standard InChI is InChI=1S/C31H30N4O/c1-35(2)30-11-7-6-10-25(30)20-32-19-22-12-14-24(15-13-22)31-26(23-8-4-3-5-9-23)18-27-28(34-31)16-17-33-29(27)21-36/h3-18,21,29,32-33H,19-20H2,1-2H3. The topological polar surface area (TPSA) is 57.3 Å². The van der Waals surface area contributed by atoms with E-state index in [0.717, 1.165) is 53.0 Å². The maximum absolute atomic E-state index is 11.7. The largest absolute Gasteiger partial charge is 0.378 e. The van der Waals surface area contributed by atoms with Gasteiger partial charge in [-0.05, 0) is 41.1 Å². The van der Waals surface area contributed by atoms with Crippen LogP contribution < -0.4 is 15.5 Å². The van der Waals surface area contributed by atoms with Gasteiger partial charge in [-0.25, -0.2) is 4.98 Å². The molecule has 2 N–H and O–H groups in total. The number of benzene rings is 3. The molecule has 0 aliphatic carbocycles. The molecule has 36 heavy (non-hydrogen) atoms. The summed E-state index contributed by atoms with van der Waals surface area (Å²) in [5.41, 5.74) is 9.50. The van der Waals surface area contributed by atoms with Gasteiger partial charge in [-0.15, -0.1) is 0 Å². The van der Waals surface area contributed by atoms with E-state index in [9.17, 15) is 4.79 Å². The zero-order chi connectivity index (χ0) is 24.9. The molecule has 0 saturated heterocycles. The van der Waals surface area contributed by atoms with E-state index >= 15 is 0 Å². The van der Waals surface area contributed by atoms with Gasteiger partial charge in [0, 0.05) is 49.6 Å². The fourth-order valence-corrected chi connectivity index (χ4v) is 4.64. The van der Waals surface area contributed by atoms with Gasteiger partial charge in [0.1, 0.15) is 12.3 Å². The van der Waals surface area contributed by atoms with E-state index in [4.69, 9.17) is 4.98 Å².